The Kier molecular flexibility index (Phi) is 4.42. The van der Waals surface area contributed by atoms with Crippen molar-refractivity contribution in [2.45, 2.75) is 6.85 Å². The summed E-state index contributed by atoms with van der Waals surface area (Å²) >= 11 is 0. The molecule has 0 bridgehead atoms. The summed E-state index contributed by atoms with van der Waals surface area (Å²) in [4.78, 5) is 4.60. The summed E-state index contributed by atoms with van der Waals surface area (Å²) in [5.74, 6) is 0.0575. The monoisotopic (exact) mass is 513 g/mol. The molecule has 0 saturated heterocycles. The van der Waals surface area contributed by atoms with Gasteiger partial charge in [-0.25, -0.2) is 4.98 Å². The van der Waals surface area contributed by atoms with E-state index in [-0.39, 0.29) is 5.82 Å². The van der Waals surface area contributed by atoms with Gasteiger partial charge in [0.25, 0.3) is 0 Å². The highest BCUT2D eigenvalue weighted by Crippen LogP contribution is 2.46. The van der Waals surface area contributed by atoms with E-state index in [2.05, 4.69) is 102 Å². The number of nitrogens with zero attached hydrogens (tertiary/aromatic N) is 2. The number of rotatable bonds is 3. The van der Waals surface area contributed by atoms with Crippen LogP contribution < -0.4 is 0 Å². The third-order valence-electron chi connectivity index (χ3n) is 7.97. The van der Waals surface area contributed by atoms with Crippen molar-refractivity contribution >= 4 is 43.4 Å². The van der Waals surface area contributed by atoms with Gasteiger partial charge in [0.2, 0.25) is 0 Å². The molecule has 40 heavy (non-hydrogen) atoms. The highest BCUT2D eigenvalue weighted by atomic mass is 15.1. The lowest BCUT2D eigenvalue weighted by Crippen LogP contribution is -2.00. The molecule has 0 aliphatic rings. The number of hydrogen-bond donors (Lipinski definition) is 0. The summed E-state index contributed by atoms with van der Waals surface area (Å²) in [5.41, 5.74) is 6.62. The predicted molar refractivity (Wildman–Crippen MR) is 169 cm³/mol. The summed E-state index contributed by atoms with van der Waals surface area (Å²) < 4.78 is 26.9. The highest BCUT2D eigenvalue weighted by Gasteiger charge is 2.20. The second kappa shape index (κ2) is 8.93. The molecule has 0 spiro atoms. The zero-order valence-corrected chi connectivity index (χ0v) is 21.7. The van der Waals surface area contributed by atoms with Gasteiger partial charge in [0.05, 0.1) is 16.7 Å². The van der Waals surface area contributed by atoms with E-state index in [1.54, 1.807) is 0 Å². The maximum Gasteiger partial charge on any atom is 0.111 e. The molecule has 0 radical (unpaired) electrons. The molecular weight excluding hydrogens is 484 g/mol. The van der Waals surface area contributed by atoms with Gasteiger partial charge in [-0.2, -0.15) is 0 Å². The first-order chi connectivity index (χ1) is 21.0. The molecule has 2 heteroatoms. The Morgan fingerprint density at radius 3 is 1.75 bits per heavy atom. The van der Waals surface area contributed by atoms with Crippen LogP contribution in [0.15, 0.2) is 140 Å². The highest BCUT2D eigenvalue weighted by molar-refractivity contribution is 6.24. The van der Waals surface area contributed by atoms with Crippen molar-refractivity contribution in [2.75, 3.05) is 0 Å². The van der Waals surface area contributed by atoms with E-state index in [1.807, 2.05) is 47.0 Å². The summed E-state index contributed by atoms with van der Waals surface area (Å²) in [6, 6.07) is 47.8. The van der Waals surface area contributed by atoms with E-state index in [0.29, 0.717) is 5.52 Å². The van der Waals surface area contributed by atoms with Crippen molar-refractivity contribution in [2.24, 2.45) is 0 Å². The number of fused-ring (bicyclic) bond motifs is 4. The van der Waals surface area contributed by atoms with Gasteiger partial charge >= 0.3 is 0 Å². The molecule has 8 rings (SSSR count). The lowest BCUT2D eigenvalue weighted by Gasteiger charge is -2.21. The van der Waals surface area contributed by atoms with Crippen LogP contribution in [0.3, 0.4) is 0 Å². The summed E-state index contributed by atoms with van der Waals surface area (Å²) in [5, 5.41) is 6.92. The number of hydrogen-bond acceptors (Lipinski definition) is 1. The number of benzene rings is 7. The van der Waals surface area contributed by atoms with Crippen LogP contribution in [0.4, 0.5) is 0 Å². The number of aryl methyl sites for hydroxylation is 1. The number of aromatic nitrogens is 2. The van der Waals surface area contributed by atoms with Crippen molar-refractivity contribution < 1.29 is 4.11 Å². The van der Waals surface area contributed by atoms with Gasteiger partial charge in [0.1, 0.15) is 5.82 Å². The molecule has 0 aliphatic heterocycles. The lowest BCUT2D eigenvalue weighted by atomic mass is 9.84. The van der Waals surface area contributed by atoms with Crippen LogP contribution in [0.25, 0.3) is 71.3 Å². The van der Waals surface area contributed by atoms with E-state index in [1.165, 1.54) is 21.9 Å². The molecule has 8 aromatic rings. The molecule has 0 saturated carbocycles. The Morgan fingerprint density at radius 1 is 0.500 bits per heavy atom. The summed E-state index contributed by atoms with van der Waals surface area (Å²) in [7, 11) is 0. The number of para-hydroxylation sites is 3. The third kappa shape index (κ3) is 3.33. The van der Waals surface area contributed by atoms with Gasteiger partial charge in [0.15, 0.2) is 0 Å². The standard InChI is InChI=1S/C38H26N2/c1-25-39-34-22-9-11-24-36(34)40(25)35-23-10-8-20-33(35)38-31-18-6-4-16-29(31)37(30-17-5-7-19-32(30)38)28-21-12-14-26-13-2-3-15-27(26)28/h2-24H,1H3/i1D3. The fraction of sp³-hybridized carbons (Fsp3) is 0.0263. The Morgan fingerprint density at radius 2 is 1.02 bits per heavy atom. The fourth-order valence-electron chi connectivity index (χ4n) is 6.30. The van der Waals surface area contributed by atoms with Crippen LogP contribution in [0.5, 0.6) is 0 Å². The van der Waals surface area contributed by atoms with Gasteiger partial charge < -0.3 is 0 Å². The molecule has 188 valence electrons. The zero-order chi connectivity index (χ0) is 29.1. The van der Waals surface area contributed by atoms with Crippen molar-refractivity contribution in [3.05, 3.63) is 145 Å². The van der Waals surface area contributed by atoms with E-state index in [9.17, 15) is 0 Å². The quantitative estimate of drug-likeness (QED) is 0.215. The van der Waals surface area contributed by atoms with Crippen LogP contribution in [-0.4, -0.2) is 9.55 Å². The van der Waals surface area contributed by atoms with Crippen LogP contribution in [-0.2, 0) is 0 Å². The van der Waals surface area contributed by atoms with Crippen LogP contribution in [0.1, 0.15) is 9.94 Å². The van der Waals surface area contributed by atoms with Crippen molar-refractivity contribution in [3.8, 4) is 27.9 Å². The molecule has 1 aromatic heterocycles. The Bertz CT molecular complexity index is 2290. The van der Waals surface area contributed by atoms with Crippen molar-refractivity contribution in [1.82, 2.24) is 9.55 Å². The molecule has 0 unspecified atom stereocenters. The first kappa shape index (κ1) is 19.8. The van der Waals surface area contributed by atoms with E-state index >= 15 is 0 Å². The Balaban J connectivity index is 1.52. The van der Waals surface area contributed by atoms with Gasteiger partial charge in [-0.3, -0.25) is 4.57 Å². The molecule has 7 aromatic carbocycles. The summed E-state index contributed by atoms with van der Waals surface area (Å²) in [6.45, 7) is -2.39. The van der Waals surface area contributed by atoms with E-state index in [4.69, 9.17) is 4.11 Å². The first-order valence-electron chi connectivity index (χ1n) is 15.0. The van der Waals surface area contributed by atoms with Crippen LogP contribution >= 0.6 is 0 Å². The van der Waals surface area contributed by atoms with E-state index < -0.39 is 6.85 Å². The minimum Gasteiger partial charge on any atom is -0.296 e. The fourth-order valence-corrected chi connectivity index (χ4v) is 6.30. The Hall–Kier alpha value is -5.21. The van der Waals surface area contributed by atoms with Gasteiger partial charge in [-0.05, 0) is 74.1 Å². The molecule has 0 atom stereocenters. The molecule has 0 fully saturated rings. The minimum absolute atomic E-state index is 0.0575. The largest absolute Gasteiger partial charge is 0.296 e. The second-order valence-electron chi connectivity index (χ2n) is 10.1. The SMILES string of the molecule is [2H]C([2H])([2H])c1nc2ccccc2n1-c1ccccc1-c1c2ccccc2c(-c2cccc3ccccc23)c2ccccc12. The minimum atomic E-state index is -2.39. The van der Waals surface area contributed by atoms with Gasteiger partial charge in [0, 0.05) is 9.68 Å². The van der Waals surface area contributed by atoms with Crippen molar-refractivity contribution in [3.63, 3.8) is 0 Å². The smallest absolute Gasteiger partial charge is 0.111 e. The topological polar surface area (TPSA) is 17.8 Å². The molecule has 2 nitrogen and oxygen atoms in total. The molecular formula is C38H26N2. The Labute approximate surface area is 237 Å². The second-order valence-corrected chi connectivity index (χ2v) is 10.1. The third-order valence-corrected chi connectivity index (χ3v) is 7.97. The predicted octanol–water partition coefficient (Wildman–Crippen LogP) is 10.1. The molecule has 0 amide bonds. The van der Waals surface area contributed by atoms with E-state index in [0.717, 1.165) is 43.9 Å². The van der Waals surface area contributed by atoms with Crippen LogP contribution in [0.2, 0.25) is 0 Å². The first-order valence-corrected chi connectivity index (χ1v) is 13.5. The zero-order valence-electron chi connectivity index (χ0n) is 24.7. The van der Waals surface area contributed by atoms with Crippen LogP contribution in [0, 0.1) is 6.85 Å². The maximum atomic E-state index is 8.37. The van der Waals surface area contributed by atoms with Crippen molar-refractivity contribution in [1.29, 1.82) is 0 Å². The average Bonchev–Trinajstić information content (AvgIpc) is 3.44. The van der Waals surface area contributed by atoms with Gasteiger partial charge in [-0.1, -0.05) is 121 Å². The maximum absolute atomic E-state index is 8.37. The molecule has 1 heterocycles. The summed E-state index contributed by atoms with van der Waals surface area (Å²) in [6.07, 6.45) is 0. The number of imidazole rings is 1. The average molecular weight is 514 g/mol. The lowest BCUT2D eigenvalue weighted by molar-refractivity contribution is 1.00. The normalized spacial score (nSPS) is 13.1. The van der Waals surface area contributed by atoms with Gasteiger partial charge in [-0.15, -0.1) is 0 Å². The molecule has 0 N–H and O–H groups in total. The molecule has 0 aliphatic carbocycles.